The van der Waals surface area contributed by atoms with Crippen molar-refractivity contribution in [2.24, 2.45) is 0 Å². The fourth-order valence-corrected chi connectivity index (χ4v) is 10.6. The maximum absolute atomic E-state index is 14.7. The van der Waals surface area contributed by atoms with E-state index in [4.69, 9.17) is 11.6 Å². The molecule has 4 fully saturated rings. The number of nitrogens with zero attached hydrogens (tertiary/aromatic N) is 2. The zero-order chi connectivity index (χ0) is 34.6. The number of nitrogens with one attached hydrogen (secondary N) is 4. The van der Waals surface area contributed by atoms with Crippen molar-refractivity contribution in [3.8, 4) is 0 Å². The molecule has 0 aliphatic carbocycles. The van der Waals surface area contributed by atoms with Crippen LogP contribution in [0.2, 0.25) is 5.02 Å². The number of halogens is 1. The van der Waals surface area contributed by atoms with E-state index >= 15 is 0 Å². The van der Waals surface area contributed by atoms with Gasteiger partial charge >= 0.3 is 0 Å². The van der Waals surface area contributed by atoms with Gasteiger partial charge in [0.2, 0.25) is 23.6 Å². The molecule has 51 heavy (non-hydrogen) atoms. The highest BCUT2D eigenvalue weighted by Crippen LogP contribution is 2.68. The van der Waals surface area contributed by atoms with Gasteiger partial charge in [0.25, 0.3) is 0 Å². The average Bonchev–Trinajstić information content (AvgIpc) is 3.85. The quantitative estimate of drug-likeness (QED) is 0.252. The van der Waals surface area contributed by atoms with Crippen molar-refractivity contribution < 1.29 is 19.2 Å². The lowest BCUT2D eigenvalue weighted by molar-refractivity contribution is -0.149. The van der Waals surface area contributed by atoms with E-state index in [2.05, 4.69) is 33.4 Å². The SMILES string of the molecule is O=C1N[C@@H](Cc2ccccc2Cl)C(=O)N2C3Nc4ccccc4[C@]3([C@]34C[C@H]5C(=O)N[C@@H](Cc6ccccc6)C(=O)N5[C@H]3Nc3ccccc34)C[C@@H]12. The average molecular weight is 699 g/mol. The van der Waals surface area contributed by atoms with Gasteiger partial charge in [-0.1, -0.05) is 96.5 Å². The molecule has 1 unspecified atom stereocenters. The summed E-state index contributed by atoms with van der Waals surface area (Å²) in [6.45, 7) is 0. The molecule has 0 aromatic heterocycles. The van der Waals surface area contributed by atoms with Crippen LogP contribution in [0, 0.1) is 0 Å². The molecule has 0 radical (unpaired) electrons. The second-order valence-corrected chi connectivity index (χ2v) is 15.1. The van der Waals surface area contributed by atoms with Gasteiger partial charge in [-0.2, -0.15) is 0 Å². The van der Waals surface area contributed by atoms with Crippen LogP contribution in [0.4, 0.5) is 11.4 Å². The zero-order valence-electron chi connectivity index (χ0n) is 27.5. The van der Waals surface area contributed by atoms with Gasteiger partial charge in [-0.15, -0.1) is 0 Å². The Morgan fingerprint density at radius 1 is 0.569 bits per heavy atom. The fourth-order valence-electron chi connectivity index (χ4n) is 10.4. The normalized spacial score (nSPS) is 32.5. The van der Waals surface area contributed by atoms with Gasteiger partial charge in [-0.25, -0.2) is 0 Å². The second kappa shape index (κ2) is 10.8. The van der Waals surface area contributed by atoms with Crippen molar-refractivity contribution in [1.29, 1.82) is 0 Å². The number of para-hydroxylation sites is 2. The summed E-state index contributed by atoms with van der Waals surface area (Å²) in [5, 5.41) is 14.1. The molecule has 6 heterocycles. The Kier molecular flexibility index (Phi) is 6.47. The summed E-state index contributed by atoms with van der Waals surface area (Å²) in [7, 11) is 0. The lowest BCUT2D eigenvalue weighted by atomic mass is 9.54. The van der Waals surface area contributed by atoms with Crippen molar-refractivity contribution in [2.75, 3.05) is 10.6 Å². The van der Waals surface area contributed by atoms with E-state index in [9.17, 15) is 19.2 Å². The first-order chi connectivity index (χ1) is 24.8. The van der Waals surface area contributed by atoms with Crippen LogP contribution >= 0.6 is 11.6 Å². The van der Waals surface area contributed by atoms with E-state index in [1.165, 1.54) is 0 Å². The van der Waals surface area contributed by atoms with Crippen LogP contribution in [-0.4, -0.2) is 69.9 Å². The third kappa shape index (κ3) is 3.99. The van der Waals surface area contributed by atoms with Gasteiger partial charge in [-0.3, -0.25) is 19.2 Å². The van der Waals surface area contributed by atoms with Crippen LogP contribution in [0.25, 0.3) is 0 Å². The number of hydrogen-bond donors (Lipinski definition) is 4. The minimum absolute atomic E-state index is 0.146. The highest BCUT2D eigenvalue weighted by atomic mass is 35.5. The van der Waals surface area contributed by atoms with E-state index < -0.39 is 47.3 Å². The second-order valence-electron chi connectivity index (χ2n) is 14.7. The highest BCUT2D eigenvalue weighted by Gasteiger charge is 2.78. The number of piperazine rings is 2. The minimum Gasteiger partial charge on any atom is -0.364 e. The number of hydrogen-bond acceptors (Lipinski definition) is 6. The first-order valence-electron chi connectivity index (χ1n) is 17.6. The Hall–Kier alpha value is -5.35. The summed E-state index contributed by atoms with van der Waals surface area (Å²) in [6.07, 6.45) is 0.0352. The summed E-state index contributed by atoms with van der Waals surface area (Å²) in [4.78, 5) is 61.3. The molecule has 256 valence electrons. The van der Waals surface area contributed by atoms with Gasteiger partial charge in [-0.05, 0) is 53.3 Å². The molecule has 10 nitrogen and oxygen atoms in total. The van der Waals surface area contributed by atoms with Gasteiger partial charge in [0.1, 0.15) is 36.5 Å². The van der Waals surface area contributed by atoms with E-state index in [1.807, 2.05) is 84.9 Å². The Morgan fingerprint density at radius 2 is 1.04 bits per heavy atom. The number of rotatable bonds is 5. The third-order valence-corrected chi connectivity index (χ3v) is 12.8. The predicted molar refractivity (Wildman–Crippen MR) is 191 cm³/mol. The molecule has 6 aliphatic rings. The minimum atomic E-state index is -0.891. The molecule has 0 bridgehead atoms. The van der Waals surface area contributed by atoms with Gasteiger partial charge in [0.05, 0.1) is 10.8 Å². The molecule has 4 aromatic carbocycles. The van der Waals surface area contributed by atoms with Crippen LogP contribution in [-0.2, 0) is 42.8 Å². The summed E-state index contributed by atoms with van der Waals surface area (Å²) < 4.78 is 0. The molecule has 4 saturated heterocycles. The van der Waals surface area contributed by atoms with Gasteiger partial charge in [0, 0.05) is 29.2 Å². The standard InChI is InChI=1S/C40H35ClN6O4/c41-26-15-7-4-12-23(26)19-30-36(51)47-32(34(49)43-30)21-40(25-14-6-9-17-28(25)45-38(40)47)39-20-31-33(48)42-29(18-22-10-2-1-3-11-22)35(50)46(31)37(39)44-27-16-8-5-13-24(27)39/h1-17,29-32,37-38,44-45H,18-21H2,(H,42,48)(H,43,49)/t29-,30-,31-,32-,37+,38?,39-,40+/m0/s1. The number of fused-ring (bicyclic) bond motifs is 11. The monoisotopic (exact) mass is 698 g/mol. The van der Waals surface area contributed by atoms with Gasteiger partial charge in [0.15, 0.2) is 0 Å². The fraction of sp³-hybridized carbons (Fsp3) is 0.300. The van der Waals surface area contributed by atoms with Crippen molar-refractivity contribution in [3.05, 3.63) is 130 Å². The van der Waals surface area contributed by atoms with Crippen LogP contribution in [0.5, 0.6) is 0 Å². The molecule has 11 heteroatoms. The van der Waals surface area contributed by atoms with E-state index in [-0.39, 0.29) is 30.0 Å². The molecule has 0 spiro atoms. The van der Waals surface area contributed by atoms with Crippen molar-refractivity contribution >= 4 is 46.6 Å². The Morgan fingerprint density at radius 3 is 1.59 bits per heavy atom. The van der Waals surface area contributed by atoms with E-state index in [1.54, 1.807) is 15.9 Å². The Balaban J connectivity index is 1.12. The van der Waals surface area contributed by atoms with Gasteiger partial charge < -0.3 is 31.1 Å². The Labute approximate surface area is 299 Å². The molecule has 4 N–H and O–H groups in total. The van der Waals surface area contributed by atoms with E-state index in [0.29, 0.717) is 24.3 Å². The molecule has 6 aliphatic heterocycles. The molecular formula is C40H35ClN6O4. The molecule has 4 amide bonds. The van der Waals surface area contributed by atoms with Crippen LogP contribution in [0.1, 0.15) is 35.1 Å². The number of carbonyl (C=O) groups excluding carboxylic acids is 4. The number of anilines is 2. The first kappa shape index (κ1) is 30.5. The topological polar surface area (TPSA) is 123 Å². The lowest BCUT2D eigenvalue weighted by Gasteiger charge is -2.48. The molecule has 0 saturated carbocycles. The number of carbonyl (C=O) groups is 4. The first-order valence-corrected chi connectivity index (χ1v) is 17.9. The molecule has 8 atom stereocenters. The molecular weight excluding hydrogens is 664 g/mol. The molecule has 10 rings (SSSR count). The summed E-state index contributed by atoms with van der Waals surface area (Å²) in [6, 6.07) is 30.1. The number of amides is 4. The maximum Gasteiger partial charge on any atom is 0.247 e. The van der Waals surface area contributed by atoms with E-state index in [0.717, 1.165) is 33.6 Å². The third-order valence-electron chi connectivity index (χ3n) is 12.4. The summed E-state index contributed by atoms with van der Waals surface area (Å²) >= 11 is 6.52. The predicted octanol–water partition coefficient (Wildman–Crippen LogP) is 3.70. The van der Waals surface area contributed by atoms with Crippen LogP contribution in [0.3, 0.4) is 0 Å². The van der Waals surface area contributed by atoms with Crippen molar-refractivity contribution in [1.82, 2.24) is 20.4 Å². The number of benzene rings is 4. The lowest BCUT2D eigenvalue weighted by Crippen LogP contribution is -2.67. The van der Waals surface area contributed by atoms with Crippen molar-refractivity contribution in [2.45, 2.75) is 73.0 Å². The molecule has 4 aromatic rings. The summed E-state index contributed by atoms with van der Waals surface area (Å²) in [5.74, 6) is -0.752. The Bertz CT molecular complexity index is 2160. The summed E-state index contributed by atoms with van der Waals surface area (Å²) in [5.41, 5.74) is 3.67. The largest absolute Gasteiger partial charge is 0.364 e. The highest BCUT2D eigenvalue weighted by molar-refractivity contribution is 6.31. The van der Waals surface area contributed by atoms with Crippen LogP contribution < -0.4 is 21.3 Å². The zero-order valence-corrected chi connectivity index (χ0v) is 28.3. The maximum atomic E-state index is 14.7. The van der Waals surface area contributed by atoms with Crippen LogP contribution in [0.15, 0.2) is 103 Å². The van der Waals surface area contributed by atoms with Crippen molar-refractivity contribution in [3.63, 3.8) is 0 Å². The smallest absolute Gasteiger partial charge is 0.247 e.